The van der Waals surface area contributed by atoms with Crippen molar-refractivity contribution in [2.45, 2.75) is 0 Å². The van der Waals surface area contributed by atoms with E-state index in [0.29, 0.717) is 0 Å². The SMILES string of the molecule is O=C([O-])[O-].[Fe+2].[O]=[Co]. The number of hydrogen-bond acceptors (Lipinski definition) is 4. The van der Waals surface area contributed by atoms with Gasteiger partial charge in [0, 0.05) is 0 Å². The summed E-state index contributed by atoms with van der Waals surface area (Å²) in [6.45, 7) is 0. The van der Waals surface area contributed by atoms with E-state index >= 15 is 0 Å². The maximum atomic E-state index is 8.33. The molecule has 0 atom stereocenters. The first kappa shape index (κ1) is 15.7. The molecule has 0 amide bonds. The van der Waals surface area contributed by atoms with Gasteiger partial charge in [-0.15, -0.1) is 0 Å². The molecule has 0 heterocycles. The monoisotopic (exact) mass is 191 g/mol. The van der Waals surface area contributed by atoms with E-state index in [1.54, 1.807) is 0 Å². The van der Waals surface area contributed by atoms with E-state index in [2.05, 4.69) is 15.7 Å². The molecule has 0 unspecified atom stereocenters. The van der Waals surface area contributed by atoms with E-state index < -0.39 is 6.16 Å². The summed E-state index contributed by atoms with van der Waals surface area (Å²) in [6, 6.07) is 0. The zero-order chi connectivity index (χ0) is 5.58. The Kier molecular flexibility index (Phi) is 37.1. The normalized spacial score (nSPS) is 4.14. The van der Waals surface area contributed by atoms with Crippen molar-refractivity contribution in [3.05, 3.63) is 0 Å². The van der Waals surface area contributed by atoms with Gasteiger partial charge in [-0.05, 0) is 6.16 Å². The van der Waals surface area contributed by atoms with Crippen LogP contribution < -0.4 is 10.2 Å². The summed E-state index contributed by atoms with van der Waals surface area (Å²) in [5, 5.41) is 16.7. The van der Waals surface area contributed by atoms with E-state index in [1.165, 1.54) is 0 Å². The third kappa shape index (κ3) is 11100. The molecule has 0 aromatic heterocycles. The molecule has 6 heteroatoms. The van der Waals surface area contributed by atoms with Crippen LogP contribution in [0.15, 0.2) is 0 Å². The first-order chi connectivity index (χ1) is 2.73. The molecule has 45 valence electrons. The fraction of sp³-hybridized carbons (Fsp3) is 0. The Balaban J connectivity index is -0.0000000480. The summed E-state index contributed by atoms with van der Waals surface area (Å²) in [5.41, 5.74) is 0. The zero-order valence-corrected chi connectivity index (χ0v) is 4.97. The van der Waals surface area contributed by atoms with Gasteiger partial charge in [0.1, 0.15) is 0 Å². The zero-order valence-electron chi connectivity index (χ0n) is 2.82. The Labute approximate surface area is 58.2 Å². The van der Waals surface area contributed by atoms with Gasteiger partial charge in [-0.1, -0.05) is 0 Å². The van der Waals surface area contributed by atoms with Gasteiger partial charge >= 0.3 is 36.6 Å². The van der Waals surface area contributed by atoms with Crippen molar-refractivity contribution in [1.29, 1.82) is 0 Å². The average molecular weight is 191 g/mol. The Hall–Kier alpha value is 0.0960. The van der Waals surface area contributed by atoms with Crippen molar-refractivity contribution < 1.29 is 51.6 Å². The molecule has 0 saturated heterocycles. The first-order valence-corrected chi connectivity index (χ1v) is 1.17. The van der Waals surface area contributed by atoms with E-state index in [0.717, 1.165) is 0 Å². The topological polar surface area (TPSA) is 80.3 Å². The van der Waals surface area contributed by atoms with Crippen molar-refractivity contribution in [2.24, 2.45) is 0 Å². The van der Waals surface area contributed by atoms with Crippen molar-refractivity contribution in [3.8, 4) is 0 Å². The minimum absolute atomic E-state index is 0. The van der Waals surface area contributed by atoms with Gasteiger partial charge in [0.2, 0.25) is 0 Å². The van der Waals surface area contributed by atoms with Crippen LogP contribution in [0, 0.1) is 0 Å². The van der Waals surface area contributed by atoms with E-state index in [9.17, 15) is 0 Å². The van der Waals surface area contributed by atoms with Gasteiger partial charge in [0.25, 0.3) is 0 Å². The molecule has 0 rings (SSSR count). The van der Waals surface area contributed by atoms with Crippen molar-refractivity contribution >= 4 is 6.16 Å². The van der Waals surface area contributed by atoms with Crippen molar-refractivity contribution in [2.75, 3.05) is 0 Å². The number of rotatable bonds is 0. The second kappa shape index (κ2) is 16.5. The number of carboxylic acid groups (broad SMARTS) is 2. The Morgan fingerprint density at radius 1 is 1.29 bits per heavy atom. The summed E-state index contributed by atoms with van der Waals surface area (Å²) in [6.07, 6.45) is -2.33. The van der Waals surface area contributed by atoms with E-state index in [-0.39, 0.29) is 17.1 Å². The third-order valence-electron chi connectivity index (χ3n) is 0. The summed E-state index contributed by atoms with van der Waals surface area (Å²) in [5.74, 6) is 0. The molecule has 0 aromatic carbocycles. The summed E-state index contributed by atoms with van der Waals surface area (Å²) in [4.78, 5) is 8.33. The molecule has 0 aliphatic rings. The van der Waals surface area contributed by atoms with Crippen LogP contribution in [0.1, 0.15) is 0 Å². The predicted molar refractivity (Wildman–Crippen MR) is 6.08 cm³/mol. The average Bonchev–Trinajstić information content (AvgIpc) is 1.41. The van der Waals surface area contributed by atoms with Crippen LogP contribution in [0.3, 0.4) is 0 Å². The number of carbonyl (C=O) groups excluding carboxylic acids is 1. The molecule has 0 aliphatic heterocycles. The summed E-state index contributed by atoms with van der Waals surface area (Å²) >= 11 is 2.31. The fourth-order valence-corrected chi connectivity index (χ4v) is 0. The molecule has 7 heavy (non-hydrogen) atoms. The standard InChI is InChI=1S/CH2O3.Co.Fe.O/c2-1(3)4;;;/h(H2,2,3,4);;;/q;;+2;/p-2. The summed E-state index contributed by atoms with van der Waals surface area (Å²) in [7, 11) is 0. The molecule has 0 radical (unpaired) electrons. The third-order valence-corrected chi connectivity index (χ3v) is 0. The Morgan fingerprint density at radius 3 is 1.29 bits per heavy atom. The quantitative estimate of drug-likeness (QED) is 0.394. The van der Waals surface area contributed by atoms with Crippen LogP contribution in [-0.4, -0.2) is 6.16 Å². The molecular formula is CCoFeO4. The van der Waals surface area contributed by atoms with Crippen molar-refractivity contribution in [3.63, 3.8) is 0 Å². The van der Waals surface area contributed by atoms with Crippen LogP contribution in [0.5, 0.6) is 0 Å². The van der Waals surface area contributed by atoms with Gasteiger partial charge in [0.15, 0.2) is 0 Å². The molecule has 0 aromatic rings. The van der Waals surface area contributed by atoms with Crippen molar-refractivity contribution in [1.82, 2.24) is 0 Å². The molecular weight excluding hydrogens is 191 g/mol. The van der Waals surface area contributed by atoms with Crippen LogP contribution in [0.4, 0.5) is 4.79 Å². The van der Waals surface area contributed by atoms with E-state index in [4.69, 9.17) is 18.9 Å². The second-order valence-corrected chi connectivity index (χ2v) is 0.250. The second-order valence-electron chi connectivity index (χ2n) is 0.250. The fourth-order valence-electron chi connectivity index (χ4n) is 0. The van der Waals surface area contributed by atoms with Crippen LogP contribution in [0.2, 0.25) is 0 Å². The molecule has 0 aliphatic carbocycles. The molecule has 0 bridgehead atoms. The number of hydrogen-bond donors (Lipinski definition) is 0. The van der Waals surface area contributed by atoms with Gasteiger partial charge in [0.05, 0.1) is 0 Å². The van der Waals surface area contributed by atoms with E-state index in [1.807, 2.05) is 0 Å². The molecule has 0 spiro atoms. The van der Waals surface area contributed by atoms with Crippen LogP contribution in [-0.2, 0) is 36.6 Å². The van der Waals surface area contributed by atoms with Crippen LogP contribution >= 0.6 is 0 Å². The summed E-state index contributed by atoms with van der Waals surface area (Å²) < 4.78 is 7.94. The van der Waals surface area contributed by atoms with Gasteiger partial charge in [-0.2, -0.15) is 0 Å². The Morgan fingerprint density at radius 2 is 1.29 bits per heavy atom. The molecule has 4 nitrogen and oxygen atoms in total. The Bertz CT molecular complexity index is 43.0. The molecule has 0 fully saturated rings. The van der Waals surface area contributed by atoms with Gasteiger partial charge < -0.3 is 15.0 Å². The minimum atomic E-state index is -2.33. The van der Waals surface area contributed by atoms with Gasteiger partial charge in [-0.3, -0.25) is 0 Å². The predicted octanol–water partition coefficient (Wildman–Crippen LogP) is -2.57. The molecule has 0 saturated carbocycles. The molecule has 0 N–H and O–H groups in total. The van der Waals surface area contributed by atoms with Gasteiger partial charge in [-0.25, -0.2) is 0 Å². The first-order valence-electron chi connectivity index (χ1n) is 0.748. The van der Waals surface area contributed by atoms with Crippen LogP contribution in [0.25, 0.3) is 0 Å². The maximum absolute atomic E-state index is 8.33. The number of carbonyl (C=O) groups is 1.